The molecule has 1 rings (SSSR count). The van der Waals surface area contributed by atoms with Crippen LogP contribution in [-0.2, 0) is 0 Å². The Morgan fingerprint density at radius 1 is 1.27 bits per heavy atom. The van der Waals surface area contributed by atoms with Gasteiger partial charge in [-0.2, -0.15) is 0 Å². The van der Waals surface area contributed by atoms with Crippen molar-refractivity contribution in [2.24, 2.45) is 0 Å². The van der Waals surface area contributed by atoms with Crippen LogP contribution < -0.4 is 0 Å². The van der Waals surface area contributed by atoms with E-state index in [1.807, 2.05) is 0 Å². The zero-order valence-corrected chi connectivity index (χ0v) is 8.53. The lowest BCUT2D eigenvalue weighted by molar-refractivity contribution is 0.101. The predicted molar refractivity (Wildman–Crippen MR) is 49.4 cm³/mol. The van der Waals surface area contributed by atoms with Gasteiger partial charge < -0.3 is 0 Å². The monoisotopic (exact) mass is 228 g/mol. The van der Waals surface area contributed by atoms with Crippen LogP contribution in [-0.4, -0.2) is 5.78 Å². The second kappa shape index (κ2) is 3.31. The largest absolute Gasteiger partial charge is 0.294 e. The van der Waals surface area contributed by atoms with E-state index in [0.29, 0.717) is 14.2 Å². The fraction of sp³-hybridized carbons (Fsp3) is 0.167. The van der Waals surface area contributed by atoms with Crippen LogP contribution >= 0.6 is 46.1 Å². The Labute approximate surface area is 82.9 Å². The summed E-state index contributed by atoms with van der Waals surface area (Å²) in [6, 6.07) is 0. The highest BCUT2D eigenvalue weighted by Gasteiger charge is 2.17. The number of carbonyl (C=O) groups is 1. The maximum atomic E-state index is 10.9. The molecule has 5 heteroatoms. The van der Waals surface area contributed by atoms with E-state index in [1.54, 1.807) is 0 Å². The zero-order chi connectivity index (χ0) is 8.59. The molecule has 0 aliphatic rings. The highest BCUT2D eigenvalue weighted by Crippen LogP contribution is 2.39. The average molecular weight is 230 g/mol. The maximum Gasteiger partial charge on any atom is 0.163 e. The molecule has 0 bridgehead atoms. The van der Waals surface area contributed by atoms with Crippen molar-refractivity contribution < 1.29 is 4.79 Å². The van der Waals surface area contributed by atoms with Gasteiger partial charge in [0.05, 0.1) is 10.6 Å². The first-order valence-corrected chi connectivity index (χ1v) is 4.63. The van der Waals surface area contributed by atoms with Crippen molar-refractivity contribution >= 4 is 51.9 Å². The molecular formula is C6H3Cl3OS. The topological polar surface area (TPSA) is 17.1 Å². The normalized spacial score (nSPS) is 10.2. The van der Waals surface area contributed by atoms with Gasteiger partial charge in [0.1, 0.15) is 8.67 Å². The van der Waals surface area contributed by atoms with Crippen LogP contribution in [0, 0.1) is 0 Å². The van der Waals surface area contributed by atoms with Crippen LogP contribution in [0.1, 0.15) is 17.3 Å². The number of hydrogen-bond acceptors (Lipinski definition) is 2. The summed E-state index contributed by atoms with van der Waals surface area (Å²) >= 11 is 18.1. The Morgan fingerprint density at radius 3 is 2.00 bits per heavy atom. The zero-order valence-electron chi connectivity index (χ0n) is 5.45. The Bertz CT molecular complexity index is 305. The molecule has 1 aromatic rings. The molecule has 0 aromatic carbocycles. The van der Waals surface area contributed by atoms with Gasteiger partial charge in [-0.25, -0.2) is 0 Å². The second-order valence-electron chi connectivity index (χ2n) is 1.89. The molecule has 0 N–H and O–H groups in total. The molecule has 0 saturated heterocycles. The number of Topliss-reactive ketones (excluding diaryl/α,β-unsaturated/α-hetero) is 1. The summed E-state index contributed by atoms with van der Waals surface area (Å²) in [5.74, 6) is -0.164. The molecule has 0 atom stereocenters. The standard InChI is InChI=1S/C6H3Cl3OS/c1-2(10)3-4(7)6(9)11-5(3)8/h1H3. The van der Waals surface area contributed by atoms with Crippen LogP contribution in [0.5, 0.6) is 0 Å². The van der Waals surface area contributed by atoms with E-state index in [9.17, 15) is 4.79 Å². The van der Waals surface area contributed by atoms with Gasteiger partial charge in [-0.15, -0.1) is 11.3 Å². The second-order valence-corrected chi connectivity index (χ2v) is 4.50. The highest BCUT2D eigenvalue weighted by molar-refractivity contribution is 7.21. The van der Waals surface area contributed by atoms with Gasteiger partial charge in [-0.1, -0.05) is 34.8 Å². The minimum atomic E-state index is -0.164. The molecule has 11 heavy (non-hydrogen) atoms. The number of halogens is 3. The van der Waals surface area contributed by atoms with E-state index in [4.69, 9.17) is 34.8 Å². The molecule has 1 aromatic heterocycles. The summed E-state index contributed by atoms with van der Waals surface area (Å²) in [6.07, 6.45) is 0. The summed E-state index contributed by atoms with van der Waals surface area (Å²) in [6.45, 7) is 1.40. The van der Waals surface area contributed by atoms with Gasteiger partial charge in [-0.05, 0) is 6.92 Å². The van der Waals surface area contributed by atoms with Crippen LogP contribution in [0.25, 0.3) is 0 Å². The average Bonchev–Trinajstić information content (AvgIpc) is 2.07. The summed E-state index contributed by atoms with van der Waals surface area (Å²) in [5, 5.41) is 0.258. The molecule has 0 radical (unpaired) electrons. The molecule has 0 amide bonds. The van der Waals surface area contributed by atoms with Gasteiger partial charge in [0, 0.05) is 0 Å². The summed E-state index contributed by atoms with van der Waals surface area (Å²) in [4.78, 5) is 10.9. The van der Waals surface area contributed by atoms with Crippen molar-refractivity contribution in [3.05, 3.63) is 19.3 Å². The maximum absolute atomic E-state index is 10.9. The van der Waals surface area contributed by atoms with E-state index < -0.39 is 0 Å². The number of carbonyl (C=O) groups excluding carboxylic acids is 1. The van der Waals surface area contributed by atoms with E-state index >= 15 is 0 Å². The van der Waals surface area contributed by atoms with Crippen molar-refractivity contribution in [2.45, 2.75) is 6.92 Å². The van der Waals surface area contributed by atoms with Gasteiger partial charge in [0.2, 0.25) is 0 Å². The third kappa shape index (κ3) is 1.70. The summed E-state index contributed by atoms with van der Waals surface area (Å²) in [7, 11) is 0. The lowest BCUT2D eigenvalue weighted by Crippen LogP contribution is -1.89. The first kappa shape index (κ1) is 9.33. The van der Waals surface area contributed by atoms with Crippen molar-refractivity contribution in [3.8, 4) is 0 Å². The van der Waals surface area contributed by atoms with Crippen LogP contribution in [0.3, 0.4) is 0 Å². The van der Waals surface area contributed by atoms with Gasteiger partial charge >= 0.3 is 0 Å². The lowest BCUT2D eigenvalue weighted by Gasteiger charge is -1.90. The number of hydrogen-bond donors (Lipinski definition) is 0. The number of rotatable bonds is 1. The van der Waals surface area contributed by atoms with Crippen molar-refractivity contribution in [1.82, 2.24) is 0 Å². The van der Waals surface area contributed by atoms with Crippen LogP contribution in [0.15, 0.2) is 0 Å². The molecule has 0 aliphatic carbocycles. The summed E-state index contributed by atoms with van der Waals surface area (Å²) in [5.41, 5.74) is 0.323. The smallest absolute Gasteiger partial charge is 0.163 e. The molecule has 1 heterocycles. The Morgan fingerprint density at radius 2 is 1.82 bits per heavy atom. The Balaban J connectivity index is 3.34. The van der Waals surface area contributed by atoms with Crippen LogP contribution in [0.4, 0.5) is 0 Å². The molecule has 0 spiro atoms. The lowest BCUT2D eigenvalue weighted by atomic mass is 10.2. The molecule has 0 aliphatic heterocycles. The fourth-order valence-electron chi connectivity index (χ4n) is 0.652. The molecular weight excluding hydrogens is 226 g/mol. The van der Waals surface area contributed by atoms with Gasteiger partial charge in [-0.3, -0.25) is 4.79 Å². The predicted octanol–water partition coefficient (Wildman–Crippen LogP) is 3.91. The SMILES string of the molecule is CC(=O)c1c(Cl)sc(Cl)c1Cl. The highest BCUT2D eigenvalue weighted by atomic mass is 35.5. The molecule has 0 saturated carbocycles. The van der Waals surface area contributed by atoms with Crippen molar-refractivity contribution in [3.63, 3.8) is 0 Å². The van der Waals surface area contributed by atoms with Crippen molar-refractivity contribution in [2.75, 3.05) is 0 Å². The minimum absolute atomic E-state index is 0.164. The molecule has 60 valence electrons. The van der Waals surface area contributed by atoms with E-state index in [-0.39, 0.29) is 10.8 Å². The molecule has 1 nitrogen and oxygen atoms in total. The van der Waals surface area contributed by atoms with Gasteiger partial charge in [0.15, 0.2) is 5.78 Å². The quantitative estimate of drug-likeness (QED) is 0.667. The van der Waals surface area contributed by atoms with Crippen LogP contribution in [0.2, 0.25) is 13.7 Å². The Kier molecular flexibility index (Phi) is 2.81. The number of ketones is 1. The van der Waals surface area contributed by atoms with E-state index in [2.05, 4.69) is 0 Å². The van der Waals surface area contributed by atoms with E-state index in [1.165, 1.54) is 6.92 Å². The molecule has 0 unspecified atom stereocenters. The van der Waals surface area contributed by atoms with E-state index in [0.717, 1.165) is 11.3 Å². The first-order valence-electron chi connectivity index (χ1n) is 2.68. The Hall–Kier alpha value is 0.240. The number of thiophene rings is 1. The third-order valence-electron chi connectivity index (χ3n) is 1.12. The van der Waals surface area contributed by atoms with Crippen molar-refractivity contribution in [1.29, 1.82) is 0 Å². The third-order valence-corrected chi connectivity index (χ3v) is 3.31. The van der Waals surface area contributed by atoms with Gasteiger partial charge in [0.25, 0.3) is 0 Å². The fourth-order valence-corrected chi connectivity index (χ4v) is 2.70. The molecule has 0 fully saturated rings. The minimum Gasteiger partial charge on any atom is -0.294 e. The summed E-state index contributed by atoms with van der Waals surface area (Å²) < 4.78 is 0.717. The first-order chi connectivity index (χ1) is 5.04.